The number of imide groups is 1. The van der Waals surface area contributed by atoms with E-state index < -0.39 is 78.2 Å². The van der Waals surface area contributed by atoms with E-state index in [1.54, 1.807) is 47.4 Å². The molecule has 0 saturated carbocycles. The number of fused-ring (bicyclic) bond motifs is 2. The average molecular weight is 1180 g/mol. The number of para-hydroxylation sites is 3. The number of aliphatic imine (C=N–C) groups is 2. The molecule has 3 atom stereocenters. The minimum Gasteiger partial charge on any atom is -0.475 e. The lowest BCUT2D eigenvalue weighted by molar-refractivity contribution is -0.193. The number of guanidine groups is 2. The van der Waals surface area contributed by atoms with E-state index in [0.29, 0.717) is 61.4 Å². The number of likely N-dealkylation sites (tertiary alicyclic amines) is 1. The van der Waals surface area contributed by atoms with E-state index in [2.05, 4.69) is 41.9 Å². The number of aliphatic carboxylic acids is 3. The van der Waals surface area contributed by atoms with Crippen LogP contribution in [0.5, 0.6) is 0 Å². The molecule has 4 rings (SSSR count). The van der Waals surface area contributed by atoms with Gasteiger partial charge in [0.25, 0.3) is 5.91 Å². The van der Waals surface area contributed by atoms with E-state index in [4.69, 9.17) is 52.6 Å². The molecule has 7 amide bonds. The van der Waals surface area contributed by atoms with Crippen LogP contribution >= 0.6 is 0 Å². The fourth-order valence-corrected chi connectivity index (χ4v) is 6.75. The molecule has 0 spiro atoms. The smallest absolute Gasteiger partial charge is 0.475 e. The number of halogens is 9. The first kappa shape index (κ1) is 70.2. The zero-order valence-corrected chi connectivity index (χ0v) is 42.8. The summed E-state index contributed by atoms with van der Waals surface area (Å²) in [7, 11) is 0. The number of amides is 7. The molecule has 2 aromatic rings. The highest BCUT2D eigenvalue weighted by atomic mass is 19.4. The lowest BCUT2D eigenvalue weighted by Crippen LogP contribution is -2.56. The maximum atomic E-state index is 13.9. The zero-order chi connectivity index (χ0) is 62.0. The van der Waals surface area contributed by atoms with Crippen molar-refractivity contribution in [3.63, 3.8) is 0 Å². The summed E-state index contributed by atoms with van der Waals surface area (Å²) in [6.07, 6.45) is -13.1. The van der Waals surface area contributed by atoms with Crippen molar-refractivity contribution in [2.75, 3.05) is 49.5 Å². The lowest BCUT2D eigenvalue weighted by atomic mass is 10.0. The Kier molecular flexibility index (Phi) is 28.5. The molecule has 2 aliphatic heterocycles. The van der Waals surface area contributed by atoms with Crippen LogP contribution < -0.4 is 59.7 Å². The minimum absolute atomic E-state index is 0.0951. The molecule has 0 aliphatic carbocycles. The van der Waals surface area contributed by atoms with Gasteiger partial charge >= 0.3 is 36.4 Å². The molecule has 0 aromatic heterocycles. The van der Waals surface area contributed by atoms with Crippen molar-refractivity contribution < 1.29 is 103 Å². The Balaban J connectivity index is 0.00000131. The van der Waals surface area contributed by atoms with E-state index >= 15 is 0 Å². The summed E-state index contributed by atoms with van der Waals surface area (Å²) in [5.74, 6) is -12.0. The van der Waals surface area contributed by atoms with Crippen LogP contribution in [0.2, 0.25) is 0 Å². The lowest BCUT2D eigenvalue weighted by Gasteiger charge is -2.33. The summed E-state index contributed by atoms with van der Waals surface area (Å²) in [6, 6.07) is 10.8. The Morgan fingerprint density at radius 1 is 0.679 bits per heavy atom. The molecule has 1 saturated heterocycles. The third-order valence-corrected chi connectivity index (χ3v) is 10.5. The van der Waals surface area contributed by atoms with Crippen molar-refractivity contribution in [1.82, 2.24) is 31.5 Å². The number of carbonyl (C=O) groups excluding carboxylic acids is 7. The molecular formula is C45H59F9N14O13. The van der Waals surface area contributed by atoms with Crippen LogP contribution in [0.3, 0.4) is 0 Å². The fraction of sp³-hybridized carbons (Fsp3) is 0.467. The van der Waals surface area contributed by atoms with E-state index in [0.717, 1.165) is 6.92 Å². The molecule has 0 unspecified atom stereocenters. The van der Waals surface area contributed by atoms with Gasteiger partial charge < -0.3 is 59.5 Å². The predicted octanol–water partition coefficient (Wildman–Crippen LogP) is 0.115. The molecule has 450 valence electrons. The molecule has 2 heterocycles. The number of anilines is 3. The summed E-state index contributed by atoms with van der Waals surface area (Å²) in [6.45, 7) is 3.93. The van der Waals surface area contributed by atoms with E-state index in [1.807, 2.05) is 11.0 Å². The molecule has 0 bridgehead atoms. The minimum atomic E-state index is -5.08. The van der Waals surface area contributed by atoms with Crippen molar-refractivity contribution in [2.24, 2.45) is 32.9 Å². The highest BCUT2D eigenvalue weighted by Crippen LogP contribution is 2.38. The molecule has 81 heavy (non-hydrogen) atoms. The van der Waals surface area contributed by atoms with Gasteiger partial charge in [0.2, 0.25) is 35.4 Å². The molecule has 27 nitrogen and oxygen atoms in total. The number of nitrogens with two attached hydrogens (primary N) is 4. The third-order valence-electron chi connectivity index (χ3n) is 10.5. The van der Waals surface area contributed by atoms with Crippen molar-refractivity contribution in [1.29, 1.82) is 0 Å². The normalized spacial score (nSPS) is 14.3. The number of alkyl halides is 9. The first-order valence-electron chi connectivity index (χ1n) is 23.5. The van der Waals surface area contributed by atoms with Crippen LogP contribution in [-0.2, 0) is 43.2 Å². The Morgan fingerprint density at radius 2 is 1.14 bits per heavy atom. The molecule has 17 N–H and O–H groups in total. The van der Waals surface area contributed by atoms with Gasteiger partial charge in [-0.1, -0.05) is 24.3 Å². The number of carboxylic acid groups (broad SMARTS) is 3. The van der Waals surface area contributed by atoms with Gasteiger partial charge in [-0.3, -0.25) is 64.0 Å². The number of benzene rings is 2. The van der Waals surface area contributed by atoms with Gasteiger partial charge in [0.05, 0.1) is 41.8 Å². The van der Waals surface area contributed by atoms with Crippen LogP contribution in [0.1, 0.15) is 62.7 Å². The Bertz CT molecular complexity index is 2530. The number of piperidine rings is 1. The number of nitrogens with zero attached hydrogens (tertiary/aromatic N) is 4. The predicted molar refractivity (Wildman–Crippen MR) is 267 cm³/mol. The Morgan fingerprint density at radius 3 is 1.60 bits per heavy atom. The molecule has 1 fully saturated rings. The number of carbonyl (C=O) groups is 10. The van der Waals surface area contributed by atoms with Crippen LogP contribution in [0.4, 0.5) is 56.6 Å². The largest absolute Gasteiger partial charge is 0.490 e. The van der Waals surface area contributed by atoms with Crippen molar-refractivity contribution in [2.45, 2.75) is 95.1 Å². The van der Waals surface area contributed by atoms with Gasteiger partial charge in [0.1, 0.15) is 12.1 Å². The number of hydrogen-bond acceptors (Lipinski definition) is 14. The summed E-state index contributed by atoms with van der Waals surface area (Å²) in [4.78, 5) is 129. The Hall–Kier alpha value is -8.83. The maximum Gasteiger partial charge on any atom is 0.490 e. The first-order valence-corrected chi connectivity index (χ1v) is 23.5. The van der Waals surface area contributed by atoms with Crippen molar-refractivity contribution in [3.8, 4) is 0 Å². The highest BCUT2D eigenvalue weighted by Gasteiger charge is 2.40. The van der Waals surface area contributed by atoms with Gasteiger partial charge in [-0.05, 0) is 69.7 Å². The molecule has 2 aromatic carbocycles. The number of hydrogen-bond donors (Lipinski definition) is 13. The van der Waals surface area contributed by atoms with Crippen molar-refractivity contribution >= 4 is 88.2 Å². The zero-order valence-electron chi connectivity index (χ0n) is 42.8. The van der Waals surface area contributed by atoms with Gasteiger partial charge in [-0.2, -0.15) is 39.5 Å². The second-order valence-electron chi connectivity index (χ2n) is 16.9. The van der Waals surface area contributed by atoms with E-state index in [9.17, 15) is 73.1 Å². The summed E-state index contributed by atoms with van der Waals surface area (Å²) < 4.78 is 95.2. The van der Waals surface area contributed by atoms with Gasteiger partial charge in [0, 0.05) is 39.1 Å². The van der Waals surface area contributed by atoms with Gasteiger partial charge in [-0.25, -0.2) is 14.4 Å². The van der Waals surface area contributed by atoms with Crippen LogP contribution in [-0.4, -0.2) is 173 Å². The van der Waals surface area contributed by atoms with E-state index in [-0.39, 0.29) is 74.7 Å². The molecule has 36 heteroatoms. The molecule has 2 aliphatic rings. The van der Waals surface area contributed by atoms with Crippen LogP contribution in [0.15, 0.2) is 58.5 Å². The quantitative estimate of drug-likeness (QED) is 0.0384. The fourth-order valence-electron chi connectivity index (χ4n) is 6.75. The van der Waals surface area contributed by atoms with E-state index in [1.165, 1.54) is 6.92 Å². The van der Waals surface area contributed by atoms with Crippen LogP contribution in [0, 0.1) is 0 Å². The standard InChI is InChI=1S/C39H56N14O7.3C2HF3O2/c1-23(34(57)51-29(37(60)48-24(2)54)12-8-18-45-39(42)43)47-36(59)28(11-7-17-44-38(40)41)46-21-32(55)49-25-15-19-52(20-16-25)22-33(56)53-30-13-5-3-9-26(30)35(58)50-27-10-4-6-14-31(27)53;3*3-2(4,5)1(6)7/h3-6,9-10,13-14,23,25,28-29,46H,7-8,11-12,15-22H2,1-2H3,(H,47,59)(H,49,55)(H,50,58)(H,51,57)(H4,40,41,44)(H4,42,43,45)(H,48,54,60);3*(H,6,7)/t23-,28+,29-;;;/m0.../s1. The second kappa shape index (κ2) is 32.9. The number of nitrogens with one attached hydrogen (secondary N) is 6. The summed E-state index contributed by atoms with van der Waals surface area (Å²) in [5, 5.41) is 37.6. The average Bonchev–Trinajstić information content (AvgIpc) is 3.77. The van der Waals surface area contributed by atoms with Crippen LogP contribution in [0.25, 0.3) is 0 Å². The van der Waals surface area contributed by atoms with Gasteiger partial charge in [0.15, 0.2) is 11.9 Å². The van der Waals surface area contributed by atoms with Gasteiger partial charge in [-0.15, -0.1) is 0 Å². The topological polar surface area (TPSA) is 439 Å². The highest BCUT2D eigenvalue weighted by molar-refractivity contribution is 6.18. The second-order valence-corrected chi connectivity index (χ2v) is 16.9. The number of rotatable bonds is 19. The first-order chi connectivity index (χ1) is 37.5. The summed E-state index contributed by atoms with van der Waals surface area (Å²) >= 11 is 0. The molecule has 0 radical (unpaired) electrons. The Labute approximate surface area is 453 Å². The van der Waals surface area contributed by atoms with Crippen molar-refractivity contribution in [3.05, 3.63) is 54.1 Å². The maximum absolute atomic E-state index is 13.9. The summed E-state index contributed by atoms with van der Waals surface area (Å²) in [5.41, 5.74) is 23.6. The molecular weight excluding hydrogens is 1120 g/mol. The monoisotopic (exact) mass is 1170 g/mol. The SMILES string of the molecule is CC(=O)NC(=O)[C@H](CCCN=C(N)N)NC(=O)[C@H](C)NC(=O)[C@@H](CCCN=C(N)N)NCC(=O)NC1CCN(CC(=O)N2c3ccccc3NC(=O)c3ccccc32)CC1.O=C(O)C(F)(F)F.O=C(O)C(F)(F)F.O=C(O)C(F)(F)F. The number of carboxylic acids is 3. The third kappa shape index (κ3) is 27.1.